The van der Waals surface area contributed by atoms with Crippen LogP contribution >= 0.6 is 0 Å². The molecule has 0 aliphatic carbocycles. The molecule has 0 saturated carbocycles. The number of amides is 1. The van der Waals surface area contributed by atoms with Gasteiger partial charge in [0, 0.05) is 47.8 Å². The van der Waals surface area contributed by atoms with Crippen molar-refractivity contribution in [3.63, 3.8) is 0 Å². The number of piperazine rings is 1. The van der Waals surface area contributed by atoms with Crippen LogP contribution in [0.1, 0.15) is 15.3 Å². The maximum atomic E-state index is 12.1. The van der Waals surface area contributed by atoms with Crippen molar-refractivity contribution in [2.24, 2.45) is 0 Å². The summed E-state index contributed by atoms with van der Waals surface area (Å²) in [6, 6.07) is 0. The van der Waals surface area contributed by atoms with Crippen LogP contribution in [0, 0.1) is 0 Å². The van der Waals surface area contributed by atoms with Crippen LogP contribution in [0.3, 0.4) is 0 Å². The molecule has 1 amide bonds. The topological polar surface area (TPSA) is 107 Å². The van der Waals surface area contributed by atoms with Gasteiger partial charge in [-0.2, -0.15) is 4.31 Å². The summed E-state index contributed by atoms with van der Waals surface area (Å²) in [4.78, 5) is 13.3. The zero-order valence-corrected chi connectivity index (χ0v) is 18.7. The lowest BCUT2D eigenvalue weighted by Crippen LogP contribution is -2.50. The van der Waals surface area contributed by atoms with Crippen LogP contribution in [0.25, 0.3) is 0 Å². The Labute approximate surface area is 176 Å². The maximum absolute atomic E-state index is 12.1. The molecule has 0 aromatic heterocycles. The van der Waals surface area contributed by atoms with Gasteiger partial charge in [0.05, 0.1) is 44.9 Å². The molecule has 0 aromatic rings. The van der Waals surface area contributed by atoms with Crippen molar-refractivity contribution in [2.75, 3.05) is 92.6 Å². The Morgan fingerprint density at radius 2 is 1.52 bits per heavy atom. The second-order valence-electron chi connectivity index (χ2n) is 6.95. The SMILES string of the molecule is COCC(=O)NCCOCCOCCOCCN1CCN(S(=O)(=O)C(C)C)CC1.[HH]. The van der Waals surface area contributed by atoms with E-state index < -0.39 is 10.0 Å². The predicted molar refractivity (Wildman–Crippen MR) is 112 cm³/mol. The molecule has 11 heteroatoms. The molecular formula is C18H39N3O7S. The van der Waals surface area contributed by atoms with Crippen molar-refractivity contribution in [3.05, 3.63) is 0 Å². The van der Waals surface area contributed by atoms with Crippen LogP contribution in [0.5, 0.6) is 0 Å². The molecule has 174 valence electrons. The molecule has 0 spiro atoms. The van der Waals surface area contributed by atoms with E-state index >= 15 is 0 Å². The van der Waals surface area contributed by atoms with E-state index in [9.17, 15) is 13.2 Å². The third-order valence-electron chi connectivity index (χ3n) is 4.43. The highest BCUT2D eigenvalue weighted by molar-refractivity contribution is 7.89. The highest BCUT2D eigenvalue weighted by Gasteiger charge is 2.28. The fraction of sp³-hybridized carbons (Fsp3) is 0.944. The Hall–Kier alpha value is -0.820. The van der Waals surface area contributed by atoms with Gasteiger partial charge in [-0.1, -0.05) is 0 Å². The monoisotopic (exact) mass is 441 g/mol. The third-order valence-corrected chi connectivity index (χ3v) is 6.70. The maximum Gasteiger partial charge on any atom is 0.246 e. The summed E-state index contributed by atoms with van der Waals surface area (Å²) in [6.07, 6.45) is 0. The number of ether oxygens (including phenoxy) is 4. The summed E-state index contributed by atoms with van der Waals surface area (Å²) in [5, 5.41) is 2.29. The Morgan fingerprint density at radius 3 is 2.07 bits per heavy atom. The quantitative estimate of drug-likeness (QED) is 0.317. The van der Waals surface area contributed by atoms with E-state index in [0.29, 0.717) is 59.3 Å². The zero-order chi connectivity index (χ0) is 21.5. The molecule has 29 heavy (non-hydrogen) atoms. The number of nitrogens with one attached hydrogen (secondary N) is 1. The second kappa shape index (κ2) is 15.1. The third kappa shape index (κ3) is 11.2. The van der Waals surface area contributed by atoms with E-state index in [0.717, 1.165) is 19.6 Å². The van der Waals surface area contributed by atoms with Crippen molar-refractivity contribution >= 4 is 15.9 Å². The first-order valence-electron chi connectivity index (χ1n) is 10.1. The molecule has 0 atom stereocenters. The van der Waals surface area contributed by atoms with E-state index in [4.69, 9.17) is 18.9 Å². The molecule has 1 fully saturated rings. The number of hydrogen-bond acceptors (Lipinski definition) is 8. The van der Waals surface area contributed by atoms with Crippen LogP contribution in [0.4, 0.5) is 0 Å². The summed E-state index contributed by atoms with van der Waals surface area (Å²) in [5.41, 5.74) is 0. The first kappa shape index (κ1) is 26.2. The molecule has 1 aliphatic rings. The van der Waals surface area contributed by atoms with Gasteiger partial charge in [0.2, 0.25) is 15.9 Å². The number of methoxy groups -OCH3 is 1. The van der Waals surface area contributed by atoms with Crippen molar-refractivity contribution in [3.8, 4) is 0 Å². The summed E-state index contributed by atoms with van der Waals surface area (Å²) in [7, 11) is -1.68. The number of rotatable bonds is 16. The number of nitrogens with zero attached hydrogens (tertiary/aromatic N) is 2. The normalized spacial score (nSPS) is 16.4. The van der Waals surface area contributed by atoms with Crippen LogP contribution < -0.4 is 5.32 Å². The van der Waals surface area contributed by atoms with E-state index in [1.165, 1.54) is 7.11 Å². The Kier molecular flexibility index (Phi) is 13.6. The summed E-state index contributed by atoms with van der Waals surface area (Å²) >= 11 is 0. The molecule has 0 bridgehead atoms. The van der Waals surface area contributed by atoms with E-state index in [-0.39, 0.29) is 19.2 Å². The first-order chi connectivity index (χ1) is 13.9. The number of sulfonamides is 1. The Balaban J connectivity index is 0.00000841. The van der Waals surface area contributed by atoms with Crippen LogP contribution in [-0.2, 0) is 33.8 Å². The van der Waals surface area contributed by atoms with E-state index in [1.807, 2.05) is 0 Å². The van der Waals surface area contributed by atoms with Crippen LogP contribution in [0.2, 0.25) is 0 Å². The van der Waals surface area contributed by atoms with Gasteiger partial charge in [-0.15, -0.1) is 0 Å². The second-order valence-corrected chi connectivity index (χ2v) is 9.44. The molecule has 1 saturated heterocycles. The minimum atomic E-state index is -3.15. The number of hydrogen-bond donors (Lipinski definition) is 1. The molecule has 0 aromatic carbocycles. The van der Waals surface area contributed by atoms with E-state index in [2.05, 4.69) is 10.2 Å². The van der Waals surface area contributed by atoms with Crippen molar-refractivity contribution < 1.29 is 33.6 Å². The molecule has 1 rings (SSSR count). The first-order valence-corrected chi connectivity index (χ1v) is 11.6. The van der Waals surface area contributed by atoms with Crippen LogP contribution in [0.15, 0.2) is 0 Å². The van der Waals surface area contributed by atoms with Gasteiger partial charge < -0.3 is 24.3 Å². The lowest BCUT2D eigenvalue weighted by atomic mass is 10.3. The van der Waals surface area contributed by atoms with Crippen molar-refractivity contribution in [1.82, 2.24) is 14.5 Å². The standard InChI is InChI=1S/C18H37N3O7S.H2/c1-17(2)29(23,24)21-7-5-20(6-8-21)9-11-27-13-15-28-14-12-26-10-4-19-18(22)16-25-3;/h17H,4-16H2,1-3H3,(H,19,22);1H. The minimum absolute atomic E-state index is 0. The zero-order valence-electron chi connectivity index (χ0n) is 17.9. The lowest BCUT2D eigenvalue weighted by molar-refractivity contribution is -0.125. The molecule has 10 nitrogen and oxygen atoms in total. The molecule has 0 unspecified atom stereocenters. The van der Waals surface area contributed by atoms with Crippen molar-refractivity contribution in [2.45, 2.75) is 19.1 Å². The van der Waals surface area contributed by atoms with Crippen molar-refractivity contribution in [1.29, 1.82) is 0 Å². The molecular weight excluding hydrogens is 402 g/mol. The predicted octanol–water partition coefficient (Wildman–Crippen LogP) is -0.599. The van der Waals surface area contributed by atoms with Gasteiger partial charge in [0.25, 0.3) is 0 Å². The van der Waals surface area contributed by atoms with Gasteiger partial charge in [0.1, 0.15) is 6.61 Å². The average molecular weight is 442 g/mol. The Morgan fingerprint density at radius 1 is 0.966 bits per heavy atom. The highest BCUT2D eigenvalue weighted by Crippen LogP contribution is 2.12. The summed E-state index contributed by atoms with van der Waals surface area (Å²) < 4.78 is 46.9. The minimum Gasteiger partial charge on any atom is -0.378 e. The smallest absolute Gasteiger partial charge is 0.246 e. The van der Waals surface area contributed by atoms with Gasteiger partial charge >= 0.3 is 0 Å². The summed E-state index contributed by atoms with van der Waals surface area (Å²) in [6.45, 7) is 10.2. The Bertz CT molecular complexity index is 544. The number of carbonyl (C=O) groups is 1. The van der Waals surface area contributed by atoms with Gasteiger partial charge in [0.15, 0.2) is 0 Å². The lowest BCUT2D eigenvalue weighted by Gasteiger charge is -2.34. The summed E-state index contributed by atoms with van der Waals surface area (Å²) in [5.74, 6) is -0.160. The van der Waals surface area contributed by atoms with E-state index in [1.54, 1.807) is 18.2 Å². The molecule has 1 aliphatic heterocycles. The average Bonchev–Trinajstić information content (AvgIpc) is 2.69. The molecule has 0 radical (unpaired) electrons. The highest BCUT2D eigenvalue weighted by atomic mass is 32.2. The number of carbonyl (C=O) groups excluding carboxylic acids is 1. The van der Waals surface area contributed by atoms with Gasteiger partial charge in [-0.3, -0.25) is 9.69 Å². The van der Waals surface area contributed by atoms with Crippen LogP contribution in [-0.4, -0.2) is 121 Å². The molecule has 1 N–H and O–H groups in total. The largest absolute Gasteiger partial charge is 0.378 e. The molecule has 1 heterocycles. The fourth-order valence-corrected chi connectivity index (χ4v) is 3.95. The van der Waals surface area contributed by atoms with Gasteiger partial charge in [-0.25, -0.2) is 8.42 Å². The fourth-order valence-electron chi connectivity index (χ4n) is 2.69. The van der Waals surface area contributed by atoms with Gasteiger partial charge in [-0.05, 0) is 13.8 Å².